The molecule has 2 aromatic carbocycles. The van der Waals surface area contributed by atoms with Gasteiger partial charge in [0.25, 0.3) is 0 Å². The van der Waals surface area contributed by atoms with Gasteiger partial charge in [0, 0.05) is 18.1 Å². The van der Waals surface area contributed by atoms with Crippen LogP contribution in [0.15, 0.2) is 54.7 Å². The molecule has 1 amide bonds. The molecule has 0 saturated heterocycles. The molecule has 0 spiro atoms. The van der Waals surface area contributed by atoms with Crippen LogP contribution in [0.25, 0.3) is 10.9 Å². The summed E-state index contributed by atoms with van der Waals surface area (Å²) in [5.74, 6) is -0.477. The van der Waals surface area contributed by atoms with Gasteiger partial charge in [-0.3, -0.25) is 4.79 Å². The molecule has 130 valence electrons. The normalized spacial score (nSPS) is 13.6. The summed E-state index contributed by atoms with van der Waals surface area (Å²) in [6.07, 6.45) is 1.99. The number of hydrogen-bond donors (Lipinski definition) is 3. The SMILES string of the molecule is CC(NC(=O)CCc1ccc2[nH]ccc2c1)C(O)c1ccc(F)cc1. The highest BCUT2D eigenvalue weighted by Gasteiger charge is 2.18. The second-order valence-electron chi connectivity index (χ2n) is 6.25. The van der Waals surface area contributed by atoms with Crippen molar-refractivity contribution >= 4 is 16.8 Å². The number of carbonyl (C=O) groups is 1. The van der Waals surface area contributed by atoms with Crippen LogP contribution >= 0.6 is 0 Å². The Kier molecular flexibility index (Phi) is 5.14. The first kappa shape index (κ1) is 17.2. The Hall–Kier alpha value is -2.66. The molecule has 3 rings (SSSR count). The summed E-state index contributed by atoms with van der Waals surface area (Å²) in [6, 6.07) is 13.3. The van der Waals surface area contributed by atoms with Gasteiger partial charge in [-0.2, -0.15) is 0 Å². The Morgan fingerprint density at radius 2 is 1.96 bits per heavy atom. The first-order valence-corrected chi connectivity index (χ1v) is 8.32. The summed E-state index contributed by atoms with van der Waals surface area (Å²) in [5, 5.41) is 14.2. The van der Waals surface area contributed by atoms with Gasteiger partial charge in [-0.1, -0.05) is 18.2 Å². The number of aromatic amines is 1. The van der Waals surface area contributed by atoms with Crippen molar-refractivity contribution in [1.29, 1.82) is 0 Å². The fraction of sp³-hybridized carbons (Fsp3) is 0.250. The predicted molar refractivity (Wildman–Crippen MR) is 95.6 cm³/mol. The minimum Gasteiger partial charge on any atom is -0.386 e. The van der Waals surface area contributed by atoms with E-state index >= 15 is 0 Å². The lowest BCUT2D eigenvalue weighted by Crippen LogP contribution is -2.37. The number of carbonyl (C=O) groups excluding carboxylic acids is 1. The highest BCUT2D eigenvalue weighted by molar-refractivity contribution is 5.80. The van der Waals surface area contributed by atoms with Gasteiger partial charge in [0.15, 0.2) is 0 Å². The number of halogens is 1. The molecule has 2 atom stereocenters. The van der Waals surface area contributed by atoms with Gasteiger partial charge in [0.05, 0.1) is 12.1 Å². The quantitative estimate of drug-likeness (QED) is 0.643. The fourth-order valence-electron chi connectivity index (χ4n) is 2.87. The van der Waals surface area contributed by atoms with Crippen molar-refractivity contribution in [3.05, 3.63) is 71.7 Å². The van der Waals surface area contributed by atoms with Gasteiger partial charge in [-0.25, -0.2) is 4.39 Å². The average Bonchev–Trinajstić information content (AvgIpc) is 3.07. The van der Waals surface area contributed by atoms with E-state index < -0.39 is 12.1 Å². The Labute approximate surface area is 145 Å². The van der Waals surface area contributed by atoms with Crippen LogP contribution in [0.1, 0.15) is 30.6 Å². The van der Waals surface area contributed by atoms with Gasteiger partial charge in [0.2, 0.25) is 5.91 Å². The van der Waals surface area contributed by atoms with Crippen LogP contribution < -0.4 is 5.32 Å². The van der Waals surface area contributed by atoms with Crippen molar-refractivity contribution in [1.82, 2.24) is 10.3 Å². The highest BCUT2D eigenvalue weighted by Crippen LogP contribution is 2.18. The Balaban J connectivity index is 1.53. The number of aromatic nitrogens is 1. The number of fused-ring (bicyclic) bond motifs is 1. The zero-order valence-corrected chi connectivity index (χ0v) is 14.0. The zero-order chi connectivity index (χ0) is 17.8. The van der Waals surface area contributed by atoms with Gasteiger partial charge >= 0.3 is 0 Å². The summed E-state index contributed by atoms with van der Waals surface area (Å²) in [7, 11) is 0. The molecule has 3 aromatic rings. The van der Waals surface area contributed by atoms with E-state index in [1.54, 1.807) is 6.92 Å². The van der Waals surface area contributed by atoms with E-state index in [2.05, 4.69) is 16.4 Å². The van der Waals surface area contributed by atoms with Crippen molar-refractivity contribution in [3.63, 3.8) is 0 Å². The number of amides is 1. The lowest BCUT2D eigenvalue weighted by atomic mass is 10.0. The molecule has 25 heavy (non-hydrogen) atoms. The minimum absolute atomic E-state index is 0.122. The first-order chi connectivity index (χ1) is 12.0. The fourth-order valence-corrected chi connectivity index (χ4v) is 2.87. The number of aliphatic hydroxyl groups is 1. The van der Waals surface area contributed by atoms with Gasteiger partial charge < -0.3 is 15.4 Å². The van der Waals surface area contributed by atoms with Crippen LogP contribution in [-0.2, 0) is 11.2 Å². The summed E-state index contributed by atoms with van der Waals surface area (Å²) in [6.45, 7) is 1.73. The maximum Gasteiger partial charge on any atom is 0.220 e. The smallest absolute Gasteiger partial charge is 0.220 e. The third kappa shape index (κ3) is 4.25. The lowest BCUT2D eigenvalue weighted by Gasteiger charge is -2.20. The van der Waals surface area contributed by atoms with E-state index in [1.165, 1.54) is 24.3 Å². The summed E-state index contributed by atoms with van der Waals surface area (Å²) < 4.78 is 12.9. The molecule has 1 heterocycles. The van der Waals surface area contributed by atoms with Gasteiger partial charge in [-0.15, -0.1) is 0 Å². The Bertz CT molecular complexity index is 858. The van der Waals surface area contributed by atoms with Crippen molar-refractivity contribution in [2.75, 3.05) is 0 Å². The molecular weight excluding hydrogens is 319 g/mol. The van der Waals surface area contributed by atoms with Gasteiger partial charge in [0.1, 0.15) is 5.82 Å². The second-order valence-corrected chi connectivity index (χ2v) is 6.25. The topological polar surface area (TPSA) is 65.1 Å². The molecule has 0 aliphatic carbocycles. The van der Waals surface area contributed by atoms with E-state index in [0.29, 0.717) is 18.4 Å². The molecule has 0 radical (unpaired) electrons. The molecule has 4 nitrogen and oxygen atoms in total. The number of nitrogens with one attached hydrogen (secondary N) is 2. The number of H-pyrrole nitrogens is 1. The number of hydrogen-bond acceptors (Lipinski definition) is 2. The number of aryl methyl sites for hydroxylation is 1. The molecule has 0 fully saturated rings. The van der Waals surface area contributed by atoms with Crippen LogP contribution in [0.5, 0.6) is 0 Å². The predicted octanol–water partition coefficient (Wildman–Crippen LogP) is 3.48. The summed E-state index contributed by atoms with van der Waals surface area (Å²) >= 11 is 0. The molecule has 2 unspecified atom stereocenters. The van der Waals surface area contributed by atoms with Crippen LogP contribution in [0, 0.1) is 5.82 Å². The van der Waals surface area contributed by atoms with Crippen molar-refractivity contribution in [3.8, 4) is 0 Å². The molecule has 0 aliphatic heterocycles. The van der Waals surface area contributed by atoms with E-state index in [9.17, 15) is 14.3 Å². The van der Waals surface area contributed by atoms with Crippen LogP contribution in [0.2, 0.25) is 0 Å². The number of rotatable bonds is 6. The third-order valence-corrected chi connectivity index (χ3v) is 4.33. The monoisotopic (exact) mass is 340 g/mol. The maximum absolute atomic E-state index is 12.9. The highest BCUT2D eigenvalue weighted by atomic mass is 19.1. The van der Waals surface area contributed by atoms with Crippen LogP contribution in [-0.4, -0.2) is 22.0 Å². The Morgan fingerprint density at radius 3 is 2.72 bits per heavy atom. The summed E-state index contributed by atoms with van der Waals surface area (Å²) in [4.78, 5) is 15.3. The molecular formula is C20H21FN2O2. The van der Waals surface area contributed by atoms with E-state index in [0.717, 1.165) is 16.5 Å². The molecule has 0 aliphatic rings. The molecule has 3 N–H and O–H groups in total. The van der Waals surface area contributed by atoms with Gasteiger partial charge in [-0.05, 0) is 60.2 Å². The standard InChI is InChI=1S/C20H21FN2O2/c1-13(20(25)15-4-6-17(21)7-5-15)23-19(24)9-3-14-2-8-18-16(12-14)10-11-22-18/h2,4-8,10-13,20,22,25H,3,9H2,1H3,(H,23,24). The first-order valence-electron chi connectivity index (χ1n) is 8.32. The largest absolute Gasteiger partial charge is 0.386 e. The summed E-state index contributed by atoms with van der Waals surface area (Å²) in [5.41, 5.74) is 2.74. The average molecular weight is 340 g/mol. The zero-order valence-electron chi connectivity index (χ0n) is 14.0. The maximum atomic E-state index is 12.9. The van der Waals surface area contributed by atoms with E-state index in [-0.39, 0.29) is 11.7 Å². The van der Waals surface area contributed by atoms with E-state index in [1.807, 2.05) is 24.4 Å². The second kappa shape index (κ2) is 7.49. The third-order valence-electron chi connectivity index (χ3n) is 4.33. The Morgan fingerprint density at radius 1 is 1.20 bits per heavy atom. The van der Waals surface area contributed by atoms with Crippen LogP contribution in [0.4, 0.5) is 4.39 Å². The number of benzene rings is 2. The van der Waals surface area contributed by atoms with Crippen molar-refractivity contribution < 1.29 is 14.3 Å². The van der Waals surface area contributed by atoms with Crippen LogP contribution in [0.3, 0.4) is 0 Å². The van der Waals surface area contributed by atoms with Crippen molar-refractivity contribution in [2.24, 2.45) is 0 Å². The minimum atomic E-state index is -0.874. The molecule has 1 aromatic heterocycles. The lowest BCUT2D eigenvalue weighted by molar-refractivity contribution is -0.122. The molecule has 5 heteroatoms. The molecule has 0 saturated carbocycles. The molecule has 0 bridgehead atoms. The number of aliphatic hydroxyl groups excluding tert-OH is 1. The van der Waals surface area contributed by atoms with Crippen molar-refractivity contribution in [2.45, 2.75) is 31.9 Å². The van der Waals surface area contributed by atoms with E-state index in [4.69, 9.17) is 0 Å².